The van der Waals surface area contributed by atoms with Gasteiger partial charge in [-0.05, 0) is 23.8 Å². The number of anilines is 1. The number of carbonyl (C=O) groups excluding carboxylic acids is 1. The van der Waals surface area contributed by atoms with E-state index in [1.54, 1.807) is 6.20 Å². The van der Waals surface area contributed by atoms with Crippen molar-refractivity contribution in [3.05, 3.63) is 53.9 Å². The lowest BCUT2D eigenvalue weighted by atomic mass is 10.1. The number of fused-ring (bicyclic) bond motifs is 1. The van der Waals surface area contributed by atoms with Gasteiger partial charge in [0.15, 0.2) is 5.65 Å². The normalized spacial score (nSPS) is 10.7. The Morgan fingerprint density at radius 2 is 2.15 bits per heavy atom. The van der Waals surface area contributed by atoms with Gasteiger partial charge in [-0.25, -0.2) is 4.98 Å². The van der Waals surface area contributed by atoms with Gasteiger partial charge < -0.3 is 9.72 Å². The summed E-state index contributed by atoms with van der Waals surface area (Å²) in [5.74, 6) is -0.127. The van der Waals surface area contributed by atoms with Crippen LogP contribution in [0.4, 0.5) is 5.69 Å². The molecule has 3 rings (SSSR count). The SMILES string of the molecule is CC(=O)Nc1cc(-c2cccc(Cl)c2)cn2ccnc12. The summed E-state index contributed by atoms with van der Waals surface area (Å²) in [5, 5.41) is 3.48. The molecule has 0 radical (unpaired) electrons. The predicted octanol–water partition coefficient (Wildman–Crippen LogP) is 3.61. The molecule has 2 aromatic heterocycles. The van der Waals surface area contributed by atoms with Crippen molar-refractivity contribution in [2.75, 3.05) is 5.32 Å². The van der Waals surface area contributed by atoms with E-state index in [-0.39, 0.29) is 5.91 Å². The molecule has 0 fully saturated rings. The molecular formula is C15H12ClN3O. The minimum atomic E-state index is -0.127. The molecule has 0 spiro atoms. The van der Waals surface area contributed by atoms with E-state index in [2.05, 4.69) is 10.3 Å². The number of benzene rings is 1. The summed E-state index contributed by atoms with van der Waals surface area (Å²) in [5.41, 5.74) is 3.34. The molecule has 1 N–H and O–H groups in total. The van der Waals surface area contributed by atoms with E-state index in [0.29, 0.717) is 16.4 Å². The molecule has 0 saturated heterocycles. The molecule has 100 valence electrons. The van der Waals surface area contributed by atoms with E-state index in [1.165, 1.54) is 6.92 Å². The van der Waals surface area contributed by atoms with Gasteiger partial charge in [0.2, 0.25) is 5.91 Å². The van der Waals surface area contributed by atoms with Crippen LogP contribution in [0.2, 0.25) is 5.02 Å². The maximum absolute atomic E-state index is 11.3. The maximum Gasteiger partial charge on any atom is 0.221 e. The van der Waals surface area contributed by atoms with Gasteiger partial charge in [0.1, 0.15) is 0 Å². The molecular weight excluding hydrogens is 274 g/mol. The topological polar surface area (TPSA) is 46.4 Å². The quantitative estimate of drug-likeness (QED) is 0.782. The van der Waals surface area contributed by atoms with Crippen LogP contribution in [0.15, 0.2) is 48.9 Å². The summed E-state index contributed by atoms with van der Waals surface area (Å²) in [6.07, 6.45) is 5.50. The van der Waals surface area contributed by atoms with Crippen molar-refractivity contribution < 1.29 is 4.79 Å². The van der Waals surface area contributed by atoms with Crippen molar-refractivity contribution in [2.45, 2.75) is 6.92 Å². The Kier molecular flexibility index (Phi) is 3.16. The third kappa shape index (κ3) is 2.38. The van der Waals surface area contributed by atoms with Crippen LogP contribution in [-0.2, 0) is 4.79 Å². The molecule has 4 nitrogen and oxygen atoms in total. The molecule has 0 aliphatic rings. The van der Waals surface area contributed by atoms with Gasteiger partial charge in [-0.1, -0.05) is 23.7 Å². The fourth-order valence-corrected chi connectivity index (χ4v) is 2.33. The standard InChI is InChI=1S/C15H12ClN3O/c1-10(20)18-14-8-12(9-19-6-5-17-15(14)19)11-3-2-4-13(16)7-11/h2-9H,1H3,(H,18,20). The number of hydrogen-bond acceptors (Lipinski definition) is 2. The number of carbonyl (C=O) groups is 1. The molecule has 0 atom stereocenters. The Morgan fingerprint density at radius 1 is 1.30 bits per heavy atom. The average Bonchev–Trinajstić information content (AvgIpc) is 2.86. The first-order valence-electron chi connectivity index (χ1n) is 6.14. The Labute approximate surface area is 121 Å². The molecule has 5 heteroatoms. The van der Waals surface area contributed by atoms with Crippen LogP contribution in [0.3, 0.4) is 0 Å². The number of pyridine rings is 1. The second kappa shape index (κ2) is 4.98. The lowest BCUT2D eigenvalue weighted by Crippen LogP contribution is -2.07. The molecule has 1 aromatic carbocycles. The van der Waals surface area contributed by atoms with Gasteiger partial charge in [-0.2, -0.15) is 0 Å². The van der Waals surface area contributed by atoms with Gasteiger partial charge in [0.05, 0.1) is 5.69 Å². The lowest BCUT2D eigenvalue weighted by molar-refractivity contribution is -0.114. The highest BCUT2D eigenvalue weighted by Crippen LogP contribution is 2.27. The first kappa shape index (κ1) is 12.7. The highest BCUT2D eigenvalue weighted by molar-refractivity contribution is 6.30. The molecule has 2 heterocycles. The van der Waals surface area contributed by atoms with Crippen LogP contribution in [0.25, 0.3) is 16.8 Å². The zero-order chi connectivity index (χ0) is 14.1. The molecule has 3 aromatic rings. The summed E-state index contributed by atoms with van der Waals surface area (Å²) < 4.78 is 1.88. The van der Waals surface area contributed by atoms with E-state index in [0.717, 1.165) is 11.1 Å². The Balaban J connectivity index is 2.19. The number of amides is 1. The van der Waals surface area contributed by atoms with Crippen molar-refractivity contribution in [1.29, 1.82) is 0 Å². The fraction of sp³-hybridized carbons (Fsp3) is 0.0667. The van der Waals surface area contributed by atoms with E-state index in [1.807, 2.05) is 47.1 Å². The van der Waals surface area contributed by atoms with Crippen molar-refractivity contribution in [3.8, 4) is 11.1 Å². The van der Waals surface area contributed by atoms with Gasteiger partial charge >= 0.3 is 0 Å². The Bertz CT molecular complexity index is 795. The minimum absolute atomic E-state index is 0.127. The van der Waals surface area contributed by atoms with Crippen LogP contribution in [-0.4, -0.2) is 15.3 Å². The van der Waals surface area contributed by atoms with E-state index < -0.39 is 0 Å². The highest BCUT2D eigenvalue weighted by atomic mass is 35.5. The number of nitrogens with zero attached hydrogens (tertiary/aromatic N) is 2. The Morgan fingerprint density at radius 3 is 2.90 bits per heavy atom. The molecule has 0 aliphatic heterocycles. The van der Waals surface area contributed by atoms with Gasteiger partial charge in [0.25, 0.3) is 0 Å². The van der Waals surface area contributed by atoms with Gasteiger partial charge in [-0.15, -0.1) is 0 Å². The van der Waals surface area contributed by atoms with Crippen LogP contribution in [0.1, 0.15) is 6.92 Å². The summed E-state index contributed by atoms with van der Waals surface area (Å²) in [7, 11) is 0. The highest BCUT2D eigenvalue weighted by Gasteiger charge is 2.08. The largest absolute Gasteiger partial charge is 0.323 e. The zero-order valence-corrected chi connectivity index (χ0v) is 11.6. The summed E-state index contributed by atoms with van der Waals surface area (Å²) in [6.45, 7) is 1.48. The van der Waals surface area contributed by atoms with Crippen molar-refractivity contribution in [3.63, 3.8) is 0 Å². The van der Waals surface area contributed by atoms with Gasteiger partial charge in [0, 0.05) is 36.1 Å². The van der Waals surface area contributed by atoms with Crippen molar-refractivity contribution >= 4 is 28.8 Å². The third-order valence-corrected chi connectivity index (χ3v) is 3.19. The number of rotatable bonds is 2. The summed E-state index contributed by atoms with van der Waals surface area (Å²) >= 11 is 6.03. The van der Waals surface area contributed by atoms with E-state index in [4.69, 9.17) is 11.6 Å². The third-order valence-electron chi connectivity index (χ3n) is 2.96. The first-order chi connectivity index (χ1) is 9.63. The molecule has 1 amide bonds. The first-order valence-corrected chi connectivity index (χ1v) is 6.51. The maximum atomic E-state index is 11.3. The number of nitrogens with one attached hydrogen (secondary N) is 1. The average molecular weight is 286 g/mol. The molecule has 0 saturated carbocycles. The number of halogens is 1. The van der Waals surface area contributed by atoms with Gasteiger partial charge in [-0.3, -0.25) is 4.79 Å². The second-order valence-corrected chi connectivity index (χ2v) is 4.93. The molecule has 0 unspecified atom stereocenters. The number of imidazole rings is 1. The monoisotopic (exact) mass is 285 g/mol. The second-order valence-electron chi connectivity index (χ2n) is 4.49. The van der Waals surface area contributed by atoms with Crippen LogP contribution >= 0.6 is 11.6 Å². The lowest BCUT2D eigenvalue weighted by Gasteiger charge is -2.09. The summed E-state index contributed by atoms with van der Waals surface area (Å²) in [4.78, 5) is 15.6. The number of aromatic nitrogens is 2. The molecule has 0 aliphatic carbocycles. The van der Waals surface area contributed by atoms with E-state index >= 15 is 0 Å². The molecule has 0 bridgehead atoms. The minimum Gasteiger partial charge on any atom is -0.323 e. The van der Waals surface area contributed by atoms with Crippen LogP contribution < -0.4 is 5.32 Å². The van der Waals surface area contributed by atoms with Crippen molar-refractivity contribution in [1.82, 2.24) is 9.38 Å². The smallest absolute Gasteiger partial charge is 0.221 e. The van der Waals surface area contributed by atoms with Crippen LogP contribution in [0.5, 0.6) is 0 Å². The number of hydrogen-bond donors (Lipinski definition) is 1. The predicted molar refractivity (Wildman–Crippen MR) is 79.9 cm³/mol. The molecule has 20 heavy (non-hydrogen) atoms. The fourth-order valence-electron chi connectivity index (χ4n) is 2.14. The summed E-state index contributed by atoms with van der Waals surface area (Å²) in [6, 6.07) is 9.48. The Hall–Kier alpha value is -2.33. The zero-order valence-electron chi connectivity index (χ0n) is 10.8. The van der Waals surface area contributed by atoms with Crippen molar-refractivity contribution in [2.24, 2.45) is 0 Å². The van der Waals surface area contributed by atoms with E-state index in [9.17, 15) is 4.79 Å². The van der Waals surface area contributed by atoms with Crippen LogP contribution in [0, 0.1) is 0 Å².